The molecule has 0 unspecified atom stereocenters. The highest BCUT2D eigenvalue weighted by atomic mass is 127. The topological polar surface area (TPSA) is 78.6 Å². The number of halogens is 1. The quantitative estimate of drug-likeness (QED) is 0.317. The zero-order chi connectivity index (χ0) is 19.1. The third kappa shape index (κ3) is 5.82. The average Bonchev–Trinajstić information content (AvgIpc) is 3.44. The number of thiazole rings is 1. The number of aryl methyl sites for hydroxylation is 2. The maximum atomic E-state index is 5.42. The van der Waals surface area contributed by atoms with Crippen LogP contribution in [0.3, 0.4) is 0 Å². The molecular formula is C19H31IN6OS. The van der Waals surface area contributed by atoms with E-state index in [4.69, 9.17) is 9.51 Å². The number of hydrogen-bond acceptors (Lipinski definition) is 6. The van der Waals surface area contributed by atoms with Crippen molar-refractivity contribution in [3.8, 4) is 0 Å². The summed E-state index contributed by atoms with van der Waals surface area (Å²) >= 11 is 1.75. The van der Waals surface area contributed by atoms with Crippen molar-refractivity contribution in [2.24, 2.45) is 4.99 Å². The fourth-order valence-corrected chi connectivity index (χ4v) is 4.22. The molecule has 1 saturated heterocycles. The van der Waals surface area contributed by atoms with E-state index in [2.05, 4.69) is 44.9 Å². The van der Waals surface area contributed by atoms with Crippen LogP contribution in [0.25, 0.3) is 0 Å². The lowest BCUT2D eigenvalue weighted by Crippen LogP contribution is -2.38. The van der Waals surface area contributed by atoms with E-state index in [1.54, 1.807) is 18.4 Å². The Hall–Kier alpha value is -1.36. The molecule has 0 aliphatic carbocycles. The molecular weight excluding hydrogens is 487 g/mol. The van der Waals surface area contributed by atoms with Gasteiger partial charge in [-0.1, -0.05) is 19.0 Å². The first-order chi connectivity index (χ1) is 13.2. The van der Waals surface area contributed by atoms with Crippen LogP contribution < -0.4 is 15.5 Å². The van der Waals surface area contributed by atoms with Crippen molar-refractivity contribution >= 4 is 46.4 Å². The second kappa shape index (κ2) is 11.6. The maximum absolute atomic E-state index is 5.42. The van der Waals surface area contributed by atoms with Crippen molar-refractivity contribution in [2.75, 3.05) is 31.6 Å². The Morgan fingerprint density at radius 2 is 2.04 bits per heavy atom. The third-order valence-electron chi connectivity index (χ3n) is 4.85. The number of nitrogens with one attached hydrogen (secondary N) is 2. The predicted molar refractivity (Wildman–Crippen MR) is 126 cm³/mol. The molecule has 2 N–H and O–H groups in total. The van der Waals surface area contributed by atoms with E-state index in [0.717, 1.165) is 72.7 Å². The lowest BCUT2D eigenvalue weighted by atomic mass is 10.1. The Labute approximate surface area is 188 Å². The Balaban J connectivity index is 0.00000280. The van der Waals surface area contributed by atoms with Crippen molar-refractivity contribution in [1.29, 1.82) is 0 Å². The molecule has 0 radical (unpaired) electrons. The summed E-state index contributed by atoms with van der Waals surface area (Å²) < 4.78 is 5.42. The van der Waals surface area contributed by atoms with Gasteiger partial charge in [0.1, 0.15) is 5.76 Å². The van der Waals surface area contributed by atoms with Crippen molar-refractivity contribution in [3.05, 3.63) is 28.1 Å². The first-order valence-corrected chi connectivity index (χ1v) is 10.7. The van der Waals surface area contributed by atoms with Gasteiger partial charge in [0.05, 0.1) is 11.4 Å². The van der Waals surface area contributed by atoms with Crippen LogP contribution in [0, 0.1) is 0 Å². The van der Waals surface area contributed by atoms with E-state index >= 15 is 0 Å². The molecule has 2 aromatic rings. The van der Waals surface area contributed by atoms with Crippen LogP contribution in [-0.4, -0.2) is 42.8 Å². The van der Waals surface area contributed by atoms with Crippen LogP contribution in [0.2, 0.25) is 0 Å². The van der Waals surface area contributed by atoms with Gasteiger partial charge in [0.25, 0.3) is 0 Å². The molecule has 156 valence electrons. The van der Waals surface area contributed by atoms with Crippen molar-refractivity contribution in [2.45, 2.75) is 52.5 Å². The highest BCUT2D eigenvalue weighted by Crippen LogP contribution is 2.24. The van der Waals surface area contributed by atoms with E-state index in [1.165, 1.54) is 12.8 Å². The molecule has 7 nitrogen and oxygen atoms in total. The van der Waals surface area contributed by atoms with Crippen molar-refractivity contribution in [3.63, 3.8) is 0 Å². The number of rotatable bonds is 8. The number of anilines is 1. The normalized spacial score (nSPS) is 14.2. The second-order valence-corrected chi connectivity index (χ2v) is 7.49. The van der Waals surface area contributed by atoms with Crippen LogP contribution >= 0.6 is 35.3 Å². The van der Waals surface area contributed by atoms with Crippen LogP contribution in [0.5, 0.6) is 0 Å². The smallest absolute Gasteiger partial charge is 0.191 e. The average molecular weight is 518 g/mol. The minimum atomic E-state index is 0. The molecule has 0 saturated carbocycles. The van der Waals surface area contributed by atoms with Gasteiger partial charge in [-0.05, 0) is 19.3 Å². The van der Waals surface area contributed by atoms with E-state index in [-0.39, 0.29) is 24.0 Å². The number of guanidine groups is 1. The summed E-state index contributed by atoms with van der Waals surface area (Å²) in [5, 5.41) is 14.2. The monoisotopic (exact) mass is 518 g/mol. The standard InChI is InChI=1S/C19H30N6OS.HI/c1-4-16-15(17(5-2)26-24-16)12-22-18(20-3)21-9-8-14-13-27-19(23-14)25-10-6-7-11-25;/h13H,4-12H2,1-3H3,(H2,20,21,22);1H. The molecule has 1 aliphatic heterocycles. The predicted octanol–water partition coefficient (Wildman–Crippen LogP) is 3.38. The fourth-order valence-electron chi connectivity index (χ4n) is 3.30. The van der Waals surface area contributed by atoms with Gasteiger partial charge in [-0.2, -0.15) is 0 Å². The van der Waals surface area contributed by atoms with Gasteiger partial charge in [-0.15, -0.1) is 35.3 Å². The minimum absolute atomic E-state index is 0. The van der Waals surface area contributed by atoms with E-state index < -0.39 is 0 Å². The van der Waals surface area contributed by atoms with Gasteiger partial charge in [0.2, 0.25) is 0 Å². The van der Waals surface area contributed by atoms with Crippen LogP contribution in [0.1, 0.15) is 49.4 Å². The molecule has 28 heavy (non-hydrogen) atoms. The van der Waals surface area contributed by atoms with Gasteiger partial charge < -0.3 is 20.1 Å². The molecule has 0 bridgehead atoms. The first kappa shape index (κ1) is 22.9. The summed E-state index contributed by atoms with van der Waals surface area (Å²) in [6.07, 6.45) is 5.17. The molecule has 1 aliphatic rings. The summed E-state index contributed by atoms with van der Waals surface area (Å²) in [5.74, 6) is 1.74. The molecule has 0 amide bonds. The summed E-state index contributed by atoms with van der Waals surface area (Å²) in [5.41, 5.74) is 3.31. The van der Waals surface area contributed by atoms with Gasteiger partial charge in [0, 0.05) is 57.0 Å². The van der Waals surface area contributed by atoms with Crippen molar-refractivity contribution in [1.82, 2.24) is 20.8 Å². The number of hydrogen-bond donors (Lipinski definition) is 2. The zero-order valence-corrected chi connectivity index (χ0v) is 20.1. The van der Waals surface area contributed by atoms with Gasteiger partial charge in [-0.25, -0.2) is 4.98 Å². The zero-order valence-electron chi connectivity index (χ0n) is 17.0. The van der Waals surface area contributed by atoms with Crippen molar-refractivity contribution < 1.29 is 4.52 Å². The SMILES string of the molecule is CCc1noc(CC)c1CNC(=NC)NCCc1csc(N2CCCC2)n1.I. The van der Waals surface area contributed by atoms with E-state index in [0.29, 0.717) is 6.54 Å². The molecule has 2 aromatic heterocycles. The molecule has 0 spiro atoms. The van der Waals surface area contributed by atoms with Gasteiger partial charge in [0.15, 0.2) is 11.1 Å². The van der Waals surface area contributed by atoms with Crippen LogP contribution in [0.15, 0.2) is 14.9 Å². The fraction of sp³-hybridized carbons (Fsp3) is 0.632. The Morgan fingerprint density at radius 1 is 1.25 bits per heavy atom. The highest BCUT2D eigenvalue weighted by molar-refractivity contribution is 14.0. The molecule has 3 heterocycles. The summed E-state index contributed by atoms with van der Waals surface area (Å²) in [4.78, 5) is 11.5. The molecule has 0 aromatic carbocycles. The van der Waals surface area contributed by atoms with E-state index in [9.17, 15) is 0 Å². The molecule has 3 rings (SSSR count). The van der Waals surface area contributed by atoms with Gasteiger partial charge >= 0.3 is 0 Å². The molecule has 1 fully saturated rings. The second-order valence-electron chi connectivity index (χ2n) is 6.66. The lowest BCUT2D eigenvalue weighted by Gasteiger charge is -2.13. The van der Waals surface area contributed by atoms with Crippen LogP contribution in [0.4, 0.5) is 5.13 Å². The Kier molecular flexibility index (Phi) is 9.49. The van der Waals surface area contributed by atoms with Crippen LogP contribution in [-0.2, 0) is 25.8 Å². The number of nitrogens with zero attached hydrogens (tertiary/aromatic N) is 4. The Bertz CT molecular complexity index is 732. The van der Waals surface area contributed by atoms with Gasteiger partial charge in [-0.3, -0.25) is 4.99 Å². The lowest BCUT2D eigenvalue weighted by molar-refractivity contribution is 0.380. The number of aliphatic imine (C=N–C) groups is 1. The molecule has 0 atom stereocenters. The number of aromatic nitrogens is 2. The summed E-state index contributed by atoms with van der Waals surface area (Å²) in [6, 6.07) is 0. The maximum Gasteiger partial charge on any atom is 0.191 e. The largest absolute Gasteiger partial charge is 0.361 e. The van der Waals surface area contributed by atoms with E-state index in [1.807, 2.05) is 0 Å². The Morgan fingerprint density at radius 3 is 2.71 bits per heavy atom. The molecule has 9 heteroatoms. The minimum Gasteiger partial charge on any atom is -0.361 e. The summed E-state index contributed by atoms with van der Waals surface area (Å²) in [6.45, 7) is 7.94. The third-order valence-corrected chi connectivity index (χ3v) is 5.80. The highest BCUT2D eigenvalue weighted by Gasteiger charge is 2.16. The summed E-state index contributed by atoms with van der Waals surface area (Å²) in [7, 11) is 1.79. The first-order valence-electron chi connectivity index (χ1n) is 9.85.